The van der Waals surface area contributed by atoms with Crippen molar-refractivity contribution in [3.05, 3.63) is 82.5 Å². The SMILES string of the molecule is O=C(Nc1cccc(N2CCN(c3ncnc4ccc(-c5cn[nH]c5)cc34)CC2)c1)c1ccc(Cl)s1. The second kappa shape index (κ2) is 9.60. The molecule has 2 N–H and O–H groups in total. The molecule has 4 heterocycles. The van der Waals surface area contributed by atoms with E-state index in [0.717, 1.165) is 65.4 Å². The van der Waals surface area contributed by atoms with Crippen LogP contribution in [0.4, 0.5) is 17.2 Å². The molecule has 0 saturated carbocycles. The van der Waals surface area contributed by atoms with E-state index in [2.05, 4.69) is 53.5 Å². The third kappa shape index (κ3) is 4.50. The molecule has 36 heavy (non-hydrogen) atoms. The third-order valence-corrected chi connectivity index (χ3v) is 7.52. The van der Waals surface area contributed by atoms with Gasteiger partial charge in [-0.15, -0.1) is 11.3 Å². The van der Waals surface area contributed by atoms with Crippen molar-refractivity contribution >= 4 is 56.9 Å². The number of H-pyrrole nitrogens is 1. The van der Waals surface area contributed by atoms with E-state index in [1.807, 2.05) is 36.7 Å². The Morgan fingerprint density at radius 3 is 2.61 bits per heavy atom. The number of thiophene rings is 1. The highest BCUT2D eigenvalue weighted by Crippen LogP contribution is 2.30. The second-order valence-electron chi connectivity index (χ2n) is 8.50. The zero-order chi connectivity index (χ0) is 24.5. The minimum Gasteiger partial charge on any atom is -0.368 e. The Morgan fingerprint density at radius 2 is 1.83 bits per heavy atom. The normalized spacial score (nSPS) is 13.8. The minimum absolute atomic E-state index is 0.153. The molecule has 8 nitrogen and oxygen atoms in total. The summed E-state index contributed by atoms with van der Waals surface area (Å²) in [6.07, 6.45) is 5.33. The van der Waals surface area contributed by atoms with Crippen molar-refractivity contribution in [3.8, 4) is 11.1 Å². The Kier molecular flexibility index (Phi) is 6.00. The largest absolute Gasteiger partial charge is 0.368 e. The van der Waals surface area contributed by atoms with Crippen molar-refractivity contribution in [2.45, 2.75) is 0 Å². The Hall–Kier alpha value is -3.95. The van der Waals surface area contributed by atoms with Crippen LogP contribution in [0.15, 0.2) is 73.3 Å². The quantitative estimate of drug-likeness (QED) is 0.329. The predicted molar refractivity (Wildman–Crippen MR) is 145 cm³/mol. The molecule has 1 amide bonds. The van der Waals surface area contributed by atoms with Crippen molar-refractivity contribution in [3.63, 3.8) is 0 Å². The fourth-order valence-corrected chi connectivity index (χ4v) is 5.41. The monoisotopic (exact) mass is 515 g/mol. The number of fused-ring (bicyclic) bond motifs is 1. The van der Waals surface area contributed by atoms with Crippen molar-refractivity contribution in [1.29, 1.82) is 0 Å². The lowest BCUT2D eigenvalue weighted by Crippen LogP contribution is -2.47. The van der Waals surface area contributed by atoms with E-state index < -0.39 is 0 Å². The third-order valence-electron chi connectivity index (χ3n) is 6.29. The van der Waals surface area contributed by atoms with E-state index in [1.54, 1.807) is 18.5 Å². The molecular formula is C26H22ClN7OS. The summed E-state index contributed by atoms with van der Waals surface area (Å²) in [6, 6.07) is 17.6. The summed E-state index contributed by atoms with van der Waals surface area (Å²) in [7, 11) is 0. The maximum Gasteiger partial charge on any atom is 0.265 e. The number of rotatable bonds is 5. The fraction of sp³-hybridized carbons (Fsp3) is 0.154. The molecule has 3 aromatic heterocycles. The highest BCUT2D eigenvalue weighted by atomic mass is 35.5. The van der Waals surface area contributed by atoms with Crippen LogP contribution in [-0.2, 0) is 0 Å². The van der Waals surface area contributed by atoms with Crippen molar-refractivity contribution in [2.75, 3.05) is 41.3 Å². The van der Waals surface area contributed by atoms with E-state index in [1.165, 1.54) is 11.3 Å². The van der Waals surface area contributed by atoms with Gasteiger partial charge in [0.1, 0.15) is 12.1 Å². The van der Waals surface area contributed by atoms with Crippen molar-refractivity contribution in [1.82, 2.24) is 20.2 Å². The lowest BCUT2D eigenvalue weighted by atomic mass is 10.1. The van der Waals surface area contributed by atoms with Crippen molar-refractivity contribution in [2.24, 2.45) is 0 Å². The van der Waals surface area contributed by atoms with Crippen LogP contribution in [0.3, 0.4) is 0 Å². The molecule has 0 bridgehead atoms. The molecule has 0 radical (unpaired) electrons. The molecule has 2 aromatic carbocycles. The fourth-order valence-electron chi connectivity index (χ4n) is 4.47. The lowest BCUT2D eigenvalue weighted by Gasteiger charge is -2.37. The Bertz CT molecular complexity index is 1530. The summed E-state index contributed by atoms with van der Waals surface area (Å²) in [5, 5.41) is 10.9. The molecule has 0 spiro atoms. The molecule has 1 saturated heterocycles. The second-order valence-corrected chi connectivity index (χ2v) is 10.2. The van der Waals surface area contributed by atoms with E-state index in [-0.39, 0.29) is 5.91 Å². The smallest absolute Gasteiger partial charge is 0.265 e. The van der Waals surface area contributed by atoms with Gasteiger partial charge in [-0.2, -0.15) is 5.10 Å². The van der Waals surface area contributed by atoms with Gasteiger partial charge in [-0.1, -0.05) is 23.7 Å². The number of piperazine rings is 1. The molecule has 0 atom stereocenters. The highest BCUT2D eigenvalue weighted by molar-refractivity contribution is 7.18. The molecule has 10 heteroatoms. The van der Waals surface area contributed by atoms with Gasteiger partial charge >= 0.3 is 0 Å². The first-order valence-electron chi connectivity index (χ1n) is 11.5. The number of aromatic nitrogens is 4. The van der Waals surface area contributed by atoms with Crippen LogP contribution in [0.1, 0.15) is 9.67 Å². The summed E-state index contributed by atoms with van der Waals surface area (Å²) in [5.74, 6) is 0.792. The van der Waals surface area contributed by atoms with Crippen LogP contribution in [0.2, 0.25) is 4.34 Å². The van der Waals surface area contributed by atoms with E-state index in [9.17, 15) is 4.79 Å². The molecule has 1 aliphatic rings. The van der Waals surface area contributed by atoms with E-state index >= 15 is 0 Å². The first kappa shape index (κ1) is 22.5. The summed E-state index contributed by atoms with van der Waals surface area (Å²) in [6.45, 7) is 3.33. The van der Waals surface area contributed by atoms with Crippen LogP contribution in [0.25, 0.3) is 22.0 Å². The van der Waals surface area contributed by atoms with Gasteiger partial charge in [0.05, 0.1) is 20.9 Å². The molecule has 180 valence electrons. The number of aromatic amines is 1. The molecular weight excluding hydrogens is 494 g/mol. The molecule has 0 unspecified atom stereocenters. The summed E-state index contributed by atoms with van der Waals surface area (Å²) in [5.41, 5.74) is 4.87. The van der Waals surface area contributed by atoms with Crippen LogP contribution < -0.4 is 15.1 Å². The number of benzene rings is 2. The number of hydrogen-bond acceptors (Lipinski definition) is 7. The molecule has 1 aliphatic heterocycles. The maximum atomic E-state index is 12.5. The number of nitrogens with one attached hydrogen (secondary N) is 2. The van der Waals surface area contributed by atoms with Gasteiger partial charge in [-0.3, -0.25) is 9.89 Å². The maximum absolute atomic E-state index is 12.5. The number of carbonyl (C=O) groups excluding carboxylic acids is 1. The molecule has 5 aromatic rings. The van der Waals surface area contributed by atoms with Gasteiger partial charge in [0, 0.05) is 54.7 Å². The number of hydrogen-bond donors (Lipinski definition) is 2. The molecule has 0 aliphatic carbocycles. The summed E-state index contributed by atoms with van der Waals surface area (Å²) >= 11 is 7.24. The van der Waals surface area contributed by atoms with E-state index in [4.69, 9.17) is 11.6 Å². The topological polar surface area (TPSA) is 90.0 Å². The first-order chi connectivity index (χ1) is 17.6. The Morgan fingerprint density at radius 1 is 0.972 bits per heavy atom. The van der Waals surface area contributed by atoms with Crippen LogP contribution in [0, 0.1) is 0 Å². The zero-order valence-electron chi connectivity index (χ0n) is 19.2. The van der Waals surface area contributed by atoms with Gasteiger partial charge < -0.3 is 15.1 Å². The summed E-state index contributed by atoms with van der Waals surface area (Å²) in [4.78, 5) is 26.9. The number of halogens is 1. The number of carbonyl (C=O) groups is 1. The molecule has 1 fully saturated rings. The Labute approximate surface area is 216 Å². The first-order valence-corrected chi connectivity index (χ1v) is 12.7. The predicted octanol–water partition coefficient (Wildman–Crippen LogP) is 5.31. The zero-order valence-corrected chi connectivity index (χ0v) is 20.8. The standard InChI is InChI=1S/C26H22ClN7OS/c27-24-7-6-23(36-24)26(35)32-19-2-1-3-20(13-19)33-8-10-34(11-9-33)25-21-12-17(18-14-30-31-15-18)4-5-22(21)28-16-29-25/h1-7,12-16H,8-11H2,(H,30,31)(H,32,35). The molecule has 6 rings (SSSR count). The van der Waals surface area contributed by atoms with Crippen LogP contribution in [0.5, 0.6) is 0 Å². The minimum atomic E-state index is -0.153. The lowest BCUT2D eigenvalue weighted by molar-refractivity contribution is 0.103. The van der Waals surface area contributed by atoms with Gasteiger partial charge in [0.25, 0.3) is 5.91 Å². The number of nitrogens with zero attached hydrogens (tertiary/aromatic N) is 5. The average molecular weight is 516 g/mol. The average Bonchev–Trinajstić information content (AvgIpc) is 3.61. The van der Waals surface area contributed by atoms with E-state index in [0.29, 0.717) is 9.21 Å². The summed E-state index contributed by atoms with van der Waals surface area (Å²) < 4.78 is 0.598. The Balaban J connectivity index is 1.17. The van der Waals surface area contributed by atoms with Gasteiger partial charge in [-0.25, -0.2) is 9.97 Å². The van der Waals surface area contributed by atoms with Crippen LogP contribution in [-0.4, -0.2) is 52.3 Å². The van der Waals surface area contributed by atoms with Crippen LogP contribution >= 0.6 is 22.9 Å². The highest BCUT2D eigenvalue weighted by Gasteiger charge is 2.21. The van der Waals surface area contributed by atoms with Gasteiger partial charge in [-0.05, 0) is 48.0 Å². The van der Waals surface area contributed by atoms with Gasteiger partial charge in [0.2, 0.25) is 0 Å². The number of anilines is 3. The van der Waals surface area contributed by atoms with Gasteiger partial charge in [0.15, 0.2) is 0 Å². The number of amides is 1. The van der Waals surface area contributed by atoms with Crippen molar-refractivity contribution < 1.29 is 4.79 Å².